The van der Waals surface area contributed by atoms with Crippen LogP contribution in [0, 0.1) is 0 Å². The van der Waals surface area contributed by atoms with Gasteiger partial charge in [-0.2, -0.15) is 0 Å². The molecular formula is C43H26N4S. The summed E-state index contributed by atoms with van der Waals surface area (Å²) in [6, 6.07) is 55.4. The number of nitrogens with zero attached hydrogens (tertiary/aromatic N) is 4. The molecule has 3 aromatic heterocycles. The minimum Gasteiger partial charge on any atom is -0.309 e. The Morgan fingerprint density at radius 2 is 1.10 bits per heavy atom. The lowest BCUT2D eigenvalue weighted by atomic mass is 10.0. The molecule has 0 saturated carbocycles. The molecule has 7 aromatic carbocycles. The predicted molar refractivity (Wildman–Crippen MR) is 201 cm³/mol. The van der Waals surface area contributed by atoms with Gasteiger partial charge >= 0.3 is 0 Å². The zero-order valence-electron chi connectivity index (χ0n) is 25.7. The average molecular weight is 631 g/mol. The minimum atomic E-state index is 0.645. The van der Waals surface area contributed by atoms with Crippen molar-refractivity contribution >= 4 is 64.1 Å². The fourth-order valence-corrected chi connectivity index (χ4v) is 8.31. The lowest BCUT2D eigenvalue weighted by Gasteiger charge is -2.12. The van der Waals surface area contributed by atoms with E-state index in [9.17, 15) is 0 Å². The van der Waals surface area contributed by atoms with E-state index >= 15 is 0 Å². The molecule has 3 heterocycles. The lowest BCUT2D eigenvalue weighted by Crippen LogP contribution is -2.02. The number of rotatable bonds is 4. The largest absolute Gasteiger partial charge is 0.309 e. The Bertz CT molecular complexity index is 2830. The molecule has 48 heavy (non-hydrogen) atoms. The van der Waals surface area contributed by atoms with Gasteiger partial charge in [0, 0.05) is 53.3 Å². The molecule has 0 atom stereocenters. The van der Waals surface area contributed by atoms with Crippen LogP contribution >= 0.6 is 11.3 Å². The summed E-state index contributed by atoms with van der Waals surface area (Å²) >= 11 is 1.83. The molecule has 0 aliphatic heterocycles. The van der Waals surface area contributed by atoms with Gasteiger partial charge in [-0.15, -0.1) is 11.3 Å². The molecule has 5 heteroatoms. The standard InChI is InChI=1S/C43H26N4S/c1-3-13-28(14-4-1)41-44-42(29-23-24-33-35-25-22-27-12-7-8-17-31(27)40(35)48-38(33)26-29)46-43(45-41)36-20-11-19-34-32-18-9-10-21-37(32)47(39(34)36)30-15-5-2-6-16-30/h1-26H. The molecule has 0 bridgehead atoms. The van der Waals surface area contributed by atoms with E-state index in [4.69, 9.17) is 15.0 Å². The molecule has 0 saturated heterocycles. The predicted octanol–water partition coefficient (Wildman–Crippen LogP) is 11.5. The third-order valence-corrected chi connectivity index (χ3v) is 10.4. The molecule has 0 radical (unpaired) electrons. The Morgan fingerprint density at radius 1 is 0.438 bits per heavy atom. The second-order valence-corrected chi connectivity index (χ2v) is 13.1. The highest BCUT2D eigenvalue weighted by Gasteiger charge is 2.20. The van der Waals surface area contributed by atoms with Crippen LogP contribution in [0.25, 0.3) is 92.6 Å². The fraction of sp³-hybridized carbons (Fsp3) is 0. The summed E-state index contributed by atoms with van der Waals surface area (Å²) in [5.41, 5.74) is 6.20. The van der Waals surface area contributed by atoms with Crippen LogP contribution in [-0.4, -0.2) is 19.5 Å². The fourth-order valence-electron chi connectivity index (χ4n) is 7.03. The maximum absolute atomic E-state index is 5.23. The molecule has 4 nitrogen and oxygen atoms in total. The van der Waals surface area contributed by atoms with Crippen LogP contribution in [0.1, 0.15) is 0 Å². The third kappa shape index (κ3) is 4.18. The van der Waals surface area contributed by atoms with E-state index in [1.54, 1.807) is 0 Å². The zero-order valence-corrected chi connectivity index (χ0v) is 26.5. The molecule has 0 N–H and O–H groups in total. The van der Waals surface area contributed by atoms with Crippen molar-refractivity contribution in [1.82, 2.24) is 19.5 Å². The maximum Gasteiger partial charge on any atom is 0.166 e. The van der Waals surface area contributed by atoms with Gasteiger partial charge in [0.2, 0.25) is 0 Å². The highest BCUT2D eigenvalue weighted by atomic mass is 32.1. The zero-order chi connectivity index (χ0) is 31.6. The highest BCUT2D eigenvalue weighted by molar-refractivity contribution is 7.26. The number of benzene rings is 7. The van der Waals surface area contributed by atoms with Crippen molar-refractivity contribution in [3.8, 4) is 39.9 Å². The van der Waals surface area contributed by atoms with Crippen LogP contribution in [0.5, 0.6) is 0 Å². The van der Waals surface area contributed by atoms with Crippen LogP contribution in [0.3, 0.4) is 0 Å². The number of thiophene rings is 1. The molecule has 0 amide bonds. The highest BCUT2D eigenvalue weighted by Crippen LogP contribution is 2.41. The van der Waals surface area contributed by atoms with Crippen LogP contribution in [-0.2, 0) is 0 Å². The van der Waals surface area contributed by atoms with Crippen molar-refractivity contribution in [3.05, 3.63) is 158 Å². The summed E-state index contributed by atoms with van der Waals surface area (Å²) < 4.78 is 4.86. The van der Waals surface area contributed by atoms with Crippen molar-refractivity contribution in [1.29, 1.82) is 0 Å². The van der Waals surface area contributed by atoms with Gasteiger partial charge in [0.15, 0.2) is 17.5 Å². The van der Waals surface area contributed by atoms with Crippen LogP contribution in [0.2, 0.25) is 0 Å². The van der Waals surface area contributed by atoms with E-state index in [1.807, 2.05) is 29.5 Å². The first-order valence-corrected chi connectivity index (χ1v) is 16.9. The van der Waals surface area contributed by atoms with Gasteiger partial charge in [-0.25, -0.2) is 15.0 Å². The van der Waals surface area contributed by atoms with E-state index in [2.05, 4.69) is 144 Å². The molecule has 0 aliphatic carbocycles. The third-order valence-electron chi connectivity index (χ3n) is 9.24. The minimum absolute atomic E-state index is 0.645. The summed E-state index contributed by atoms with van der Waals surface area (Å²) in [5.74, 6) is 1.95. The van der Waals surface area contributed by atoms with Crippen LogP contribution in [0.4, 0.5) is 0 Å². The van der Waals surface area contributed by atoms with Crippen molar-refractivity contribution < 1.29 is 0 Å². The molecule has 0 unspecified atom stereocenters. The quantitative estimate of drug-likeness (QED) is 0.194. The molecule has 224 valence electrons. The first kappa shape index (κ1) is 27.0. The molecule has 0 aliphatic rings. The molecule has 0 spiro atoms. The number of hydrogen-bond donors (Lipinski definition) is 0. The monoisotopic (exact) mass is 630 g/mol. The van der Waals surface area contributed by atoms with Gasteiger partial charge in [-0.1, -0.05) is 127 Å². The maximum atomic E-state index is 5.23. The summed E-state index contributed by atoms with van der Waals surface area (Å²) in [7, 11) is 0. The number of para-hydroxylation sites is 3. The Kier molecular flexibility index (Phi) is 6.01. The Morgan fingerprint density at radius 3 is 1.96 bits per heavy atom. The Hall–Kier alpha value is -6.17. The number of fused-ring (bicyclic) bond motifs is 8. The lowest BCUT2D eigenvalue weighted by molar-refractivity contribution is 1.07. The smallest absolute Gasteiger partial charge is 0.166 e. The van der Waals surface area contributed by atoms with Gasteiger partial charge < -0.3 is 4.57 Å². The van der Waals surface area contributed by atoms with E-state index in [0.717, 1.165) is 38.8 Å². The topological polar surface area (TPSA) is 43.6 Å². The first-order valence-electron chi connectivity index (χ1n) is 16.0. The Labute approximate surface area is 280 Å². The van der Waals surface area contributed by atoms with E-state index in [1.165, 1.54) is 36.3 Å². The Balaban J connectivity index is 1.24. The summed E-state index contributed by atoms with van der Waals surface area (Å²) in [6.45, 7) is 0. The van der Waals surface area contributed by atoms with Crippen molar-refractivity contribution in [3.63, 3.8) is 0 Å². The van der Waals surface area contributed by atoms with Gasteiger partial charge in [-0.3, -0.25) is 0 Å². The normalized spacial score (nSPS) is 11.8. The van der Waals surface area contributed by atoms with Crippen molar-refractivity contribution in [2.45, 2.75) is 0 Å². The van der Waals surface area contributed by atoms with Crippen LogP contribution < -0.4 is 0 Å². The van der Waals surface area contributed by atoms with Crippen molar-refractivity contribution in [2.75, 3.05) is 0 Å². The summed E-state index contributed by atoms with van der Waals surface area (Å²) in [4.78, 5) is 15.5. The second kappa shape index (κ2) is 10.7. The second-order valence-electron chi connectivity index (χ2n) is 12.0. The molecular weight excluding hydrogens is 605 g/mol. The van der Waals surface area contributed by atoms with Gasteiger partial charge in [0.25, 0.3) is 0 Å². The van der Waals surface area contributed by atoms with Gasteiger partial charge in [0.1, 0.15) is 0 Å². The summed E-state index contributed by atoms with van der Waals surface area (Å²) in [6.07, 6.45) is 0. The molecule has 0 fully saturated rings. The van der Waals surface area contributed by atoms with Crippen molar-refractivity contribution in [2.24, 2.45) is 0 Å². The molecule has 10 rings (SSSR count). The first-order chi connectivity index (χ1) is 23.8. The van der Waals surface area contributed by atoms with E-state index in [0.29, 0.717) is 17.5 Å². The van der Waals surface area contributed by atoms with E-state index < -0.39 is 0 Å². The average Bonchev–Trinajstić information content (AvgIpc) is 3.71. The van der Waals surface area contributed by atoms with Gasteiger partial charge in [0.05, 0.1) is 11.0 Å². The van der Waals surface area contributed by atoms with E-state index in [-0.39, 0.29) is 0 Å². The number of aromatic nitrogens is 4. The SMILES string of the molecule is c1ccc(-c2nc(-c3ccc4c(c3)sc3c5ccccc5ccc43)nc(-c3cccc4c5ccccc5n(-c5ccccc5)c34)n2)cc1. The molecule has 10 aromatic rings. The number of hydrogen-bond acceptors (Lipinski definition) is 4. The van der Waals surface area contributed by atoms with Crippen LogP contribution in [0.15, 0.2) is 158 Å². The summed E-state index contributed by atoms with van der Waals surface area (Å²) in [5, 5.41) is 7.43. The van der Waals surface area contributed by atoms with Gasteiger partial charge in [-0.05, 0) is 41.1 Å².